The first kappa shape index (κ1) is 16.2. The Hall–Kier alpha value is -0.870. The minimum atomic E-state index is 0.0941. The van der Waals surface area contributed by atoms with E-state index >= 15 is 0 Å². The summed E-state index contributed by atoms with van der Waals surface area (Å²) in [6, 6.07) is 8.02. The van der Waals surface area contributed by atoms with Crippen LogP contribution in [-0.2, 0) is 11.2 Å². The van der Waals surface area contributed by atoms with Gasteiger partial charge in [-0.15, -0.1) is 0 Å². The Kier molecular flexibility index (Phi) is 7.75. The molecule has 0 radical (unpaired) electrons. The van der Waals surface area contributed by atoms with E-state index in [0.717, 1.165) is 23.7 Å². The second kappa shape index (κ2) is 9.10. The summed E-state index contributed by atoms with van der Waals surface area (Å²) in [5, 5.41) is 11.8. The molecular formula is C15H22BrNO2. The second-order valence-corrected chi connectivity index (χ2v) is 5.83. The van der Waals surface area contributed by atoms with Gasteiger partial charge in [0, 0.05) is 24.0 Å². The van der Waals surface area contributed by atoms with Gasteiger partial charge >= 0.3 is 0 Å². The topological polar surface area (TPSA) is 49.3 Å². The summed E-state index contributed by atoms with van der Waals surface area (Å²) in [7, 11) is 0. The predicted octanol–water partition coefficient (Wildman–Crippen LogP) is 2.91. The first-order valence-corrected chi connectivity index (χ1v) is 7.53. The SMILES string of the molecule is CC(CO)CCCNC(=O)CCc1cccc(Br)c1. The van der Waals surface area contributed by atoms with E-state index < -0.39 is 0 Å². The molecule has 1 unspecified atom stereocenters. The van der Waals surface area contributed by atoms with Gasteiger partial charge in [0.2, 0.25) is 5.91 Å². The van der Waals surface area contributed by atoms with Gasteiger partial charge in [-0.05, 0) is 42.9 Å². The standard InChI is InChI=1S/C15H22BrNO2/c1-12(11-18)4-3-9-17-15(19)8-7-13-5-2-6-14(16)10-13/h2,5-6,10,12,18H,3-4,7-9,11H2,1H3,(H,17,19). The number of carbonyl (C=O) groups is 1. The molecule has 3 nitrogen and oxygen atoms in total. The fraction of sp³-hybridized carbons (Fsp3) is 0.533. The van der Waals surface area contributed by atoms with E-state index in [1.165, 1.54) is 5.56 Å². The molecule has 106 valence electrons. The third-order valence-corrected chi connectivity index (χ3v) is 3.53. The lowest BCUT2D eigenvalue weighted by Gasteiger charge is -2.08. The van der Waals surface area contributed by atoms with Gasteiger partial charge in [0.25, 0.3) is 0 Å². The monoisotopic (exact) mass is 327 g/mol. The number of nitrogens with one attached hydrogen (secondary N) is 1. The van der Waals surface area contributed by atoms with Gasteiger partial charge in [-0.2, -0.15) is 0 Å². The van der Waals surface area contributed by atoms with Crippen LogP contribution in [0.25, 0.3) is 0 Å². The van der Waals surface area contributed by atoms with E-state index in [-0.39, 0.29) is 12.5 Å². The summed E-state index contributed by atoms with van der Waals surface area (Å²) < 4.78 is 1.04. The highest BCUT2D eigenvalue weighted by Crippen LogP contribution is 2.12. The Morgan fingerprint density at radius 1 is 1.47 bits per heavy atom. The van der Waals surface area contributed by atoms with Crippen LogP contribution in [0.5, 0.6) is 0 Å². The second-order valence-electron chi connectivity index (χ2n) is 4.91. The highest BCUT2D eigenvalue weighted by Gasteiger charge is 2.03. The lowest BCUT2D eigenvalue weighted by Crippen LogP contribution is -2.25. The molecule has 0 saturated heterocycles. The summed E-state index contributed by atoms with van der Waals surface area (Å²) >= 11 is 3.42. The highest BCUT2D eigenvalue weighted by atomic mass is 79.9. The van der Waals surface area contributed by atoms with Gasteiger partial charge in [0.05, 0.1) is 0 Å². The molecule has 1 amide bonds. The summed E-state index contributed by atoms with van der Waals surface area (Å²) in [4.78, 5) is 11.6. The van der Waals surface area contributed by atoms with E-state index in [1.807, 2.05) is 31.2 Å². The number of carbonyl (C=O) groups excluding carboxylic acids is 1. The molecule has 0 bridgehead atoms. The van der Waals surface area contributed by atoms with Crippen molar-refractivity contribution < 1.29 is 9.90 Å². The van der Waals surface area contributed by atoms with E-state index in [9.17, 15) is 4.79 Å². The fourth-order valence-electron chi connectivity index (χ4n) is 1.81. The van der Waals surface area contributed by atoms with Crippen LogP contribution in [0.2, 0.25) is 0 Å². The van der Waals surface area contributed by atoms with Crippen LogP contribution in [0.15, 0.2) is 28.7 Å². The number of aryl methyl sites for hydroxylation is 1. The number of hydrogen-bond acceptors (Lipinski definition) is 2. The molecule has 1 atom stereocenters. The van der Waals surface area contributed by atoms with Crippen molar-refractivity contribution in [1.82, 2.24) is 5.32 Å². The zero-order chi connectivity index (χ0) is 14.1. The number of hydrogen-bond donors (Lipinski definition) is 2. The Morgan fingerprint density at radius 3 is 2.95 bits per heavy atom. The van der Waals surface area contributed by atoms with Gasteiger partial charge in [-0.1, -0.05) is 35.0 Å². The molecule has 0 heterocycles. The van der Waals surface area contributed by atoms with Crippen LogP contribution in [0.1, 0.15) is 31.7 Å². The van der Waals surface area contributed by atoms with Gasteiger partial charge in [-0.3, -0.25) is 4.79 Å². The summed E-state index contributed by atoms with van der Waals surface area (Å²) in [5.41, 5.74) is 1.17. The van der Waals surface area contributed by atoms with Gasteiger partial charge in [0.15, 0.2) is 0 Å². The molecule has 0 fully saturated rings. The number of amides is 1. The van der Waals surface area contributed by atoms with Gasteiger partial charge in [0.1, 0.15) is 0 Å². The Balaban J connectivity index is 2.14. The number of halogens is 1. The molecule has 1 aromatic rings. The zero-order valence-corrected chi connectivity index (χ0v) is 12.9. The van der Waals surface area contributed by atoms with Crippen molar-refractivity contribution in [2.24, 2.45) is 5.92 Å². The lowest BCUT2D eigenvalue weighted by atomic mass is 10.1. The Labute approximate surface area is 123 Å². The minimum absolute atomic E-state index is 0.0941. The van der Waals surface area contributed by atoms with Gasteiger partial charge < -0.3 is 10.4 Å². The average Bonchev–Trinajstić information content (AvgIpc) is 2.41. The van der Waals surface area contributed by atoms with Crippen molar-refractivity contribution in [1.29, 1.82) is 0 Å². The average molecular weight is 328 g/mol. The number of benzene rings is 1. The van der Waals surface area contributed by atoms with E-state index in [0.29, 0.717) is 18.9 Å². The molecular weight excluding hydrogens is 306 g/mol. The normalized spacial score (nSPS) is 12.2. The van der Waals surface area contributed by atoms with Crippen LogP contribution in [0.4, 0.5) is 0 Å². The van der Waals surface area contributed by atoms with Crippen LogP contribution in [0, 0.1) is 5.92 Å². The molecule has 19 heavy (non-hydrogen) atoms. The number of aliphatic hydroxyl groups excluding tert-OH is 1. The summed E-state index contributed by atoms with van der Waals surface area (Å²) in [6.07, 6.45) is 3.15. The first-order valence-electron chi connectivity index (χ1n) is 6.74. The number of aliphatic hydroxyl groups is 1. The van der Waals surface area contributed by atoms with Crippen molar-refractivity contribution in [2.45, 2.75) is 32.6 Å². The molecule has 2 N–H and O–H groups in total. The largest absolute Gasteiger partial charge is 0.396 e. The fourth-order valence-corrected chi connectivity index (χ4v) is 2.25. The minimum Gasteiger partial charge on any atom is -0.396 e. The molecule has 0 aliphatic heterocycles. The van der Waals surface area contributed by atoms with E-state index in [2.05, 4.69) is 21.2 Å². The maximum Gasteiger partial charge on any atom is 0.220 e. The Morgan fingerprint density at radius 2 is 2.26 bits per heavy atom. The molecule has 0 aromatic heterocycles. The zero-order valence-electron chi connectivity index (χ0n) is 11.4. The lowest BCUT2D eigenvalue weighted by molar-refractivity contribution is -0.121. The van der Waals surface area contributed by atoms with Crippen molar-refractivity contribution in [3.63, 3.8) is 0 Å². The van der Waals surface area contributed by atoms with Crippen LogP contribution in [0.3, 0.4) is 0 Å². The maximum absolute atomic E-state index is 11.6. The molecule has 0 aliphatic carbocycles. The van der Waals surface area contributed by atoms with Crippen molar-refractivity contribution in [3.05, 3.63) is 34.3 Å². The predicted molar refractivity (Wildman–Crippen MR) is 81.0 cm³/mol. The summed E-state index contributed by atoms with van der Waals surface area (Å²) in [6.45, 7) is 2.92. The first-order chi connectivity index (χ1) is 9.11. The van der Waals surface area contributed by atoms with Crippen molar-refractivity contribution >= 4 is 21.8 Å². The highest BCUT2D eigenvalue weighted by molar-refractivity contribution is 9.10. The Bertz CT molecular complexity index is 395. The smallest absolute Gasteiger partial charge is 0.220 e. The molecule has 0 spiro atoms. The molecule has 4 heteroatoms. The summed E-state index contributed by atoms with van der Waals surface area (Å²) in [5.74, 6) is 0.412. The molecule has 1 aromatic carbocycles. The molecule has 1 rings (SSSR count). The molecule has 0 saturated carbocycles. The van der Waals surface area contributed by atoms with Crippen LogP contribution in [-0.4, -0.2) is 24.2 Å². The van der Waals surface area contributed by atoms with Crippen molar-refractivity contribution in [2.75, 3.05) is 13.2 Å². The third-order valence-electron chi connectivity index (χ3n) is 3.04. The quantitative estimate of drug-likeness (QED) is 0.721. The maximum atomic E-state index is 11.6. The van der Waals surface area contributed by atoms with Crippen LogP contribution < -0.4 is 5.32 Å². The van der Waals surface area contributed by atoms with Crippen LogP contribution >= 0.6 is 15.9 Å². The van der Waals surface area contributed by atoms with E-state index in [1.54, 1.807) is 0 Å². The van der Waals surface area contributed by atoms with Crippen molar-refractivity contribution in [3.8, 4) is 0 Å². The third kappa shape index (κ3) is 7.33. The van der Waals surface area contributed by atoms with Gasteiger partial charge in [-0.25, -0.2) is 0 Å². The van der Waals surface area contributed by atoms with E-state index in [4.69, 9.17) is 5.11 Å². The number of rotatable bonds is 8. The molecule has 0 aliphatic rings.